The molecule has 2 saturated carbocycles. The highest BCUT2D eigenvalue weighted by molar-refractivity contribution is 5.81. The van der Waals surface area contributed by atoms with Crippen LogP contribution in [0.1, 0.15) is 37.7 Å². The smallest absolute Gasteiger partial charge is 0.329 e. The van der Waals surface area contributed by atoms with Gasteiger partial charge in [0, 0.05) is 18.6 Å². The summed E-state index contributed by atoms with van der Waals surface area (Å²) in [6.45, 7) is 0.521. The number of nitrogens with zero attached hydrogens (tertiary/aromatic N) is 1. The second kappa shape index (κ2) is 5.78. The molecule has 2 aliphatic rings. The van der Waals surface area contributed by atoms with Gasteiger partial charge in [-0.1, -0.05) is 36.8 Å². The summed E-state index contributed by atoms with van der Waals surface area (Å²) in [6, 6.07) is 10.5. The molecule has 1 aromatic rings. The Hall–Kier alpha value is -1.39. The summed E-state index contributed by atoms with van der Waals surface area (Å²) < 4.78 is 0. The first-order valence-corrected chi connectivity index (χ1v) is 7.89. The third-order valence-electron chi connectivity index (χ3n) is 4.84. The van der Waals surface area contributed by atoms with Gasteiger partial charge in [-0.2, -0.15) is 0 Å². The topological polar surface area (TPSA) is 52.6 Å². The number of aliphatic carboxylic acids is 1. The zero-order chi connectivity index (χ0) is 14.9. The maximum atomic E-state index is 12.2. The van der Waals surface area contributed by atoms with Crippen molar-refractivity contribution >= 4 is 5.97 Å². The predicted octanol–water partition coefficient (Wildman–Crippen LogP) is 2.20. The molecular weight excluding hydrogens is 264 g/mol. The lowest BCUT2D eigenvalue weighted by molar-refractivity contribution is -0.147. The second-order valence-electron chi connectivity index (χ2n) is 6.49. The molecule has 0 aliphatic heterocycles. The Kier molecular flexibility index (Phi) is 4.00. The SMILES string of the molecule is CN(CC(NC1CC1)(C(=O)O)c1ccccc1)C1CCC1. The van der Waals surface area contributed by atoms with Crippen molar-refractivity contribution in [3.8, 4) is 0 Å². The highest BCUT2D eigenvalue weighted by Crippen LogP contribution is 2.32. The van der Waals surface area contributed by atoms with Gasteiger partial charge >= 0.3 is 5.97 Å². The van der Waals surface area contributed by atoms with Gasteiger partial charge in [0.05, 0.1) is 0 Å². The number of hydrogen-bond donors (Lipinski definition) is 2. The molecule has 1 aromatic carbocycles. The Morgan fingerprint density at radius 2 is 1.95 bits per heavy atom. The van der Waals surface area contributed by atoms with Crippen molar-refractivity contribution in [2.45, 2.75) is 49.7 Å². The van der Waals surface area contributed by atoms with Crippen LogP contribution in [-0.2, 0) is 10.3 Å². The van der Waals surface area contributed by atoms with Gasteiger partial charge in [-0.25, -0.2) is 4.79 Å². The normalized spacial score (nSPS) is 21.8. The number of nitrogens with one attached hydrogen (secondary N) is 1. The van der Waals surface area contributed by atoms with Gasteiger partial charge in [-0.3, -0.25) is 5.32 Å². The summed E-state index contributed by atoms with van der Waals surface area (Å²) >= 11 is 0. The van der Waals surface area contributed by atoms with E-state index in [-0.39, 0.29) is 0 Å². The lowest BCUT2D eigenvalue weighted by Gasteiger charge is -2.41. The van der Waals surface area contributed by atoms with Crippen molar-refractivity contribution in [3.63, 3.8) is 0 Å². The maximum Gasteiger partial charge on any atom is 0.329 e. The Morgan fingerprint density at radius 1 is 1.29 bits per heavy atom. The molecule has 1 unspecified atom stereocenters. The minimum Gasteiger partial charge on any atom is -0.480 e. The van der Waals surface area contributed by atoms with Crippen molar-refractivity contribution in [3.05, 3.63) is 35.9 Å². The monoisotopic (exact) mass is 288 g/mol. The molecular formula is C17H24N2O2. The van der Waals surface area contributed by atoms with Crippen LogP contribution in [0.5, 0.6) is 0 Å². The summed E-state index contributed by atoms with van der Waals surface area (Å²) in [4.78, 5) is 14.4. The summed E-state index contributed by atoms with van der Waals surface area (Å²) in [5, 5.41) is 13.4. The molecule has 0 amide bonds. The minimum absolute atomic E-state index is 0.344. The van der Waals surface area contributed by atoms with Gasteiger partial charge in [-0.15, -0.1) is 0 Å². The van der Waals surface area contributed by atoms with Gasteiger partial charge in [-0.05, 0) is 38.3 Å². The number of hydrogen-bond acceptors (Lipinski definition) is 3. The van der Waals surface area contributed by atoms with Gasteiger partial charge in [0.2, 0.25) is 0 Å². The number of rotatable bonds is 7. The first kappa shape index (κ1) is 14.5. The number of likely N-dealkylation sites (N-methyl/N-ethyl adjacent to an activating group) is 1. The Balaban J connectivity index is 1.89. The van der Waals surface area contributed by atoms with Gasteiger partial charge in [0.25, 0.3) is 0 Å². The number of carboxylic acid groups (broad SMARTS) is 1. The number of carbonyl (C=O) groups is 1. The van der Waals surface area contributed by atoms with Crippen LogP contribution in [0.2, 0.25) is 0 Å². The largest absolute Gasteiger partial charge is 0.480 e. The molecule has 2 N–H and O–H groups in total. The van der Waals surface area contributed by atoms with E-state index in [1.54, 1.807) is 0 Å². The predicted molar refractivity (Wildman–Crippen MR) is 82.2 cm³/mol. The molecule has 4 nitrogen and oxygen atoms in total. The molecule has 0 bridgehead atoms. The van der Waals surface area contributed by atoms with Crippen molar-refractivity contribution in [1.29, 1.82) is 0 Å². The average molecular weight is 288 g/mol. The standard InChI is InChI=1S/C17H24N2O2/c1-19(15-8-5-9-15)12-17(16(20)21,18-14-10-11-14)13-6-3-2-4-7-13/h2-4,6-7,14-15,18H,5,8-12H2,1H3,(H,20,21). The number of benzene rings is 1. The van der Waals surface area contributed by atoms with E-state index >= 15 is 0 Å². The average Bonchev–Trinajstić information content (AvgIpc) is 3.20. The molecule has 2 fully saturated rings. The van der Waals surface area contributed by atoms with Crippen LogP contribution >= 0.6 is 0 Å². The highest BCUT2D eigenvalue weighted by atomic mass is 16.4. The maximum absolute atomic E-state index is 12.2. The Morgan fingerprint density at radius 3 is 2.43 bits per heavy atom. The molecule has 2 aliphatic carbocycles. The zero-order valence-corrected chi connectivity index (χ0v) is 12.6. The van der Waals surface area contributed by atoms with Crippen molar-refractivity contribution in [1.82, 2.24) is 10.2 Å². The molecule has 0 saturated heterocycles. The second-order valence-corrected chi connectivity index (χ2v) is 6.49. The van der Waals surface area contributed by atoms with Crippen molar-refractivity contribution in [2.75, 3.05) is 13.6 Å². The van der Waals surface area contributed by atoms with Gasteiger partial charge < -0.3 is 10.0 Å². The van der Waals surface area contributed by atoms with Crippen LogP contribution < -0.4 is 5.32 Å². The van der Waals surface area contributed by atoms with E-state index in [0.29, 0.717) is 18.6 Å². The fourth-order valence-corrected chi connectivity index (χ4v) is 3.10. The van der Waals surface area contributed by atoms with Crippen LogP contribution in [0, 0.1) is 0 Å². The van der Waals surface area contributed by atoms with E-state index in [1.807, 2.05) is 30.3 Å². The summed E-state index contributed by atoms with van der Waals surface area (Å²) in [7, 11) is 2.05. The first-order valence-electron chi connectivity index (χ1n) is 7.89. The molecule has 0 radical (unpaired) electrons. The molecule has 114 valence electrons. The van der Waals surface area contributed by atoms with E-state index in [2.05, 4.69) is 17.3 Å². The molecule has 0 heterocycles. The summed E-state index contributed by atoms with van der Waals surface area (Å²) in [6.07, 6.45) is 5.79. The molecule has 0 spiro atoms. The molecule has 1 atom stereocenters. The third kappa shape index (κ3) is 2.97. The molecule has 0 aromatic heterocycles. The van der Waals surface area contributed by atoms with Crippen LogP contribution in [0.25, 0.3) is 0 Å². The van der Waals surface area contributed by atoms with E-state index in [9.17, 15) is 9.90 Å². The van der Waals surface area contributed by atoms with Crippen LogP contribution in [0.4, 0.5) is 0 Å². The van der Waals surface area contributed by atoms with Crippen molar-refractivity contribution in [2.24, 2.45) is 0 Å². The zero-order valence-electron chi connectivity index (χ0n) is 12.6. The molecule has 4 heteroatoms. The van der Waals surface area contributed by atoms with E-state index in [1.165, 1.54) is 19.3 Å². The summed E-state index contributed by atoms with van der Waals surface area (Å²) in [5.41, 5.74) is -0.136. The van der Waals surface area contributed by atoms with E-state index < -0.39 is 11.5 Å². The fourth-order valence-electron chi connectivity index (χ4n) is 3.10. The quantitative estimate of drug-likeness (QED) is 0.807. The Labute approximate surface area is 126 Å². The lowest BCUT2D eigenvalue weighted by Crippen LogP contribution is -2.58. The molecule has 3 rings (SSSR count). The van der Waals surface area contributed by atoms with Gasteiger partial charge in [0.15, 0.2) is 5.54 Å². The van der Waals surface area contributed by atoms with Crippen LogP contribution in [-0.4, -0.2) is 41.7 Å². The number of carboxylic acids is 1. The van der Waals surface area contributed by atoms with Crippen LogP contribution in [0.3, 0.4) is 0 Å². The highest BCUT2D eigenvalue weighted by Gasteiger charge is 2.46. The minimum atomic E-state index is -0.993. The van der Waals surface area contributed by atoms with E-state index in [0.717, 1.165) is 18.4 Å². The van der Waals surface area contributed by atoms with E-state index in [4.69, 9.17) is 0 Å². The van der Waals surface area contributed by atoms with Crippen LogP contribution in [0.15, 0.2) is 30.3 Å². The van der Waals surface area contributed by atoms with Gasteiger partial charge in [0.1, 0.15) is 0 Å². The third-order valence-corrected chi connectivity index (χ3v) is 4.84. The Bertz CT molecular complexity index is 497. The van der Waals surface area contributed by atoms with Crippen molar-refractivity contribution < 1.29 is 9.90 Å². The first-order chi connectivity index (χ1) is 10.1. The lowest BCUT2D eigenvalue weighted by atomic mass is 9.86. The molecule has 21 heavy (non-hydrogen) atoms. The summed E-state index contributed by atoms with van der Waals surface area (Å²) in [5.74, 6) is -0.772. The fraction of sp³-hybridized carbons (Fsp3) is 0.588.